The fourth-order valence-corrected chi connectivity index (χ4v) is 1.19. The highest BCUT2D eigenvalue weighted by molar-refractivity contribution is 5.26. The Kier molecular flexibility index (Phi) is 3.08. The first-order valence-electron chi connectivity index (χ1n) is 4.11. The summed E-state index contributed by atoms with van der Waals surface area (Å²) in [4.78, 5) is 11.1. The molecule has 0 amide bonds. The Balaban J connectivity index is 3.23. The smallest absolute Gasteiger partial charge is 0.223 e. The van der Waals surface area contributed by atoms with Gasteiger partial charge in [-0.15, -0.1) is 0 Å². The molecule has 0 fully saturated rings. The number of aromatic hydroxyl groups is 1. The van der Waals surface area contributed by atoms with Crippen molar-refractivity contribution < 1.29 is 9.84 Å². The van der Waals surface area contributed by atoms with E-state index in [1.165, 1.54) is 13.2 Å². The number of hydrogen-bond acceptors (Lipinski definition) is 3. The van der Waals surface area contributed by atoms with Gasteiger partial charge in [0.1, 0.15) is 0 Å². The summed E-state index contributed by atoms with van der Waals surface area (Å²) in [7, 11) is 1.52. The van der Waals surface area contributed by atoms with Crippen molar-refractivity contribution in [2.75, 3.05) is 7.11 Å². The second-order valence-electron chi connectivity index (χ2n) is 2.69. The van der Waals surface area contributed by atoms with Gasteiger partial charge in [0.15, 0.2) is 5.75 Å². The van der Waals surface area contributed by atoms with Crippen molar-refractivity contribution in [3.05, 3.63) is 28.2 Å². The Labute approximate surface area is 76.4 Å². The van der Waals surface area contributed by atoms with Gasteiger partial charge in [0.05, 0.1) is 12.3 Å². The van der Waals surface area contributed by atoms with Crippen LogP contribution in [0.4, 0.5) is 0 Å². The summed E-state index contributed by atoms with van der Waals surface area (Å²) < 4.78 is 6.66. The molecule has 0 aliphatic carbocycles. The molecule has 0 unspecified atom stereocenters. The molecule has 0 aliphatic heterocycles. The van der Waals surface area contributed by atoms with Crippen molar-refractivity contribution in [2.45, 2.75) is 20.1 Å². The van der Waals surface area contributed by atoms with Gasteiger partial charge in [-0.3, -0.25) is 4.79 Å². The van der Waals surface area contributed by atoms with Crippen LogP contribution < -0.4 is 5.43 Å². The van der Waals surface area contributed by atoms with E-state index in [0.717, 1.165) is 0 Å². The summed E-state index contributed by atoms with van der Waals surface area (Å²) in [6.45, 7) is 2.88. The second kappa shape index (κ2) is 4.09. The van der Waals surface area contributed by atoms with Gasteiger partial charge in [0.2, 0.25) is 5.43 Å². The minimum atomic E-state index is -0.364. The minimum Gasteiger partial charge on any atom is -0.503 e. The van der Waals surface area contributed by atoms with Crippen molar-refractivity contribution in [3.8, 4) is 5.75 Å². The number of rotatable bonds is 3. The van der Waals surface area contributed by atoms with Crippen LogP contribution in [-0.4, -0.2) is 16.8 Å². The number of aryl methyl sites for hydroxylation is 1. The van der Waals surface area contributed by atoms with Gasteiger partial charge in [-0.2, -0.15) is 0 Å². The highest BCUT2D eigenvalue weighted by atomic mass is 16.5. The molecule has 72 valence electrons. The summed E-state index contributed by atoms with van der Waals surface area (Å²) in [6, 6.07) is 1.35. The van der Waals surface area contributed by atoms with Crippen LogP contribution in [0.3, 0.4) is 0 Å². The molecule has 4 heteroatoms. The van der Waals surface area contributed by atoms with E-state index in [-0.39, 0.29) is 17.8 Å². The Morgan fingerprint density at radius 3 is 2.85 bits per heavy atom. The predicted octanol–water partition coefficient (Wildman–Crippen LogP) is 0.720. The van der Waals surface area contributed by atoms with E-state index >= 15 is 0 Å². The van der Waals surface area contributed by atoms with Crippen molar-refractivity contribution in [1.29, 1.82) is 0 Å². The SMILES string of the molecule is CCn1ccc(=O)c(O)c1COC. The maximum Gasteiger partial charge on any atom is 0.223 e. The fraction of sp³-hybridized carbons (Fsp3) is 0.444. The largest absolute Gasteiger partial charge is 0.503 e. The first kappa shape index (κ1) is 9.80. The van der Waals surface area contributed by atoms with E-state index in [4.69, 9.17) is 4.74 Å². The Hall–Kier alpha value is -1.29. The third-order valence-corrected chi connectivity index (χ3v) is 1.88. The quantitative estimate of drug-likeness (QED) is 0.751. The van der Waals surface area contributed by atoms with Crippen LogP contribution in [0.25, 0.3) is 0 Å². The Morgan fingerprint density at radius 1 is 1.62 bits per heavy atom. The van der Waals surface area contributed by atoms with Crippen LogP contribution in [0.2, 0.25) is 0 Å². The third-order valence-electron chi connectivity index (χ3n) is 1.88. The van der Waals surface area contributed by atoms with Crippen LogP contribution in [-0.2, 0) is 17.9 Å². The molecule has 0 saturated carbocycles. The first-order chi connectivity index (χ1) is 6.20. The van der Waals surface area contributed by atoms with Crippen LogP contribution >= 0.6 is 0 Å². The van der Waals surface area contributed by atoms with E-state index in [0.29, 0.717) is 12.2 Å². The summed E-state index contributed by atoms with van der Waals surface area (Å²) in [5.41, 5.74) is 0.161. The van der Waals surface area contributed by atoms with E-state index in [2.05, 4.69) is 0 Å². The van der Waals surface area contributed by atoms with Crippen molar-refractivity contribution in [2.24, 2.45) is 0 Å². The summed E-state index contributed by atoms with van der Waals surface area (Å²) in [6.07, 6.45) is 1.65. The zero-order valence-electron chi connectivity index (χ0n) is 7.78. The zero-order valence-corrected chi connectivity index (χ0v) is 7.78. The van der Waals surface area contributed by atoms with Gasteiger partial charge < -0.3 is 14.4 Å². The molecule has 0 bridgehead atoms. The van der Waals surface area contributed by atoms with Crippen LogP contribution in [0.15, 0.2) is 17.1 Å². The van der Waals surface area contributed by atoms with Crippen LogP contribution in [0.5, 0.6) is 5.75 Å². The maximum absolute atomic E-state index is 11.1. The third kappa shape index (κ3) is 1.89. The van der Waals surface area contributed by atoms with Gasteiger partial charge in [0, 0.05) is 25.9 Å². The minimum absolute atomic E-state index is 0.216. The standard InChI is InChI=1S/C9H13NO3/c1-3-10-5-4-8(11)9(12)7(10)6-13-2/h4-5,12H,3,6H2,1-2H3. The number of pyridine rings is 1. The van der Waals surface area contributed by atoms with E-state index in [1.807, 2.05) is 6.92 Å². The molecule has 4 nitrogen and oxygen atoms in total. The molecule has 0 aliphatic rings. The van der Waals surface area contributed by atoms with Crippen LogP contribution in [0.1, 0.15) is 12.6 Å². The molecule has 0 saturated heterocycles. The average Bonchev–Trinajstić information content (AvgIpc) is 2.14. The van der Waals surface area contributed by atoms with Gasteiger partial charge in [-0.1, -0.05) is 0 Å². The molecule has 1 N–H and O–H groups in total. The lowest BCUT2D eigenvalue weighted by Gasteiger charge is -2.11. The highest BCUT2D eigenvalue weighted by Crippen LogP contribution is 2.11. The molecule has 1 heterocycles. The van der Waals surface area contributed by atoms with Gasteiger partial charge in [-0.25, -0.2) is 0 Å². The second-order valence-corrected chi connectivity index (χ2v) is 2.69. The Bertz CT molecular complexity index is 343. The van der Waals surface area contributed by atoms with Gasteiger partial charge >= 0.3 is 0 Å². The number of nitrogens with zero attached hydrogens (tertiary/aromatic N) is 1. The van der Waals surface area contributed by atoms with Gasteiger partial charge in [-0.05, 0) is 6.92 Å². The molecule has 1 aromatic rings. The monoisotopic (exact) mass is 183 g/mol. The lowest BCUT2D eigenvalue weighted by Crippen LogP contribution is -2.12. The van der Waals surface area contributed by atoms with Crippen molar-refractivity contribution >= 4 is 0 Å². The fourth-order valence-electron chi connectivity index (χ4n) is 1.19. The molecule has 0 atom stereocenters. The predicted molar refractivity (Wildman–Crippen MR) is 48.8 cm³/mol. The maximum atomic E-state index is 11.1. The Morgan fingerprint density at radius 2 is 2.31 bits per heavy atom. The molecule has 0 radical (unpaired) electrons. The topological polar surface area (TPSA) is 51.5 Å². The number of hydrogen-bond donors (Lipinski definition) is 1. The lowest BCUT2D eigenvalue weighted by molar-refractivity contribution is 0.173. The van der Waals surface area contributed by atoms with Crippen molar-refractivity contribution in [3.63, 3.8) is 0 Å². The number of ether oxygens (including phenoxy) is 1. The first-order valence-corrected chi connectivity index (χ1v) is 4.11. The van der Waals surface area contributed by atoms with Gasteiger partial charge in [0.25, 0.3) is 0 Å². The summed E-state index contributed by atoms with van der Waals surface area (Å²) >= 11 is 0. The molecule has 1 rings (SSSR count). The summed E-state index contributed by atoms with van der Waals surface area (Å²) in [5.74, 6) is -0.216. The average molecular weight is 183 g/mol. The van der Waals surface area contributed by atoms with E-state index in [9.17, 15) is 9.90 Å². The summed E-state index contributed by atoms with van der Waals surface area (Å²) in [5, 5.41) is 9.43. The molecule has 0 spiro atoms. The molecule has 0 aromatic carbocycles. The molecule has 1 aromatic heterocycles. The van der Waals surface area contributed by atoms with E-state index < -0.39 is 0 Å². The zero-order chi connectivity index (χ0) is 9.84. The lowest BCUT2D eigenvalue weighted by atomic mass is 10.3. The molecular weight excluding hydrogens is 170 g/mol. The van der Waals surface area contributed by atoms with Crippen molar-refractivity contribution in [1.82, 2.24) is 4.57 Å². The number of methoxy groups -OCH3 is 1. The normalized spacial score (nSPS) is 10.3. The van der Waals surface area contributed by atoms with E-state index in [1.54, 1.807) is 10.8 Å². The molecular formula is C9H13NO3. The van der Waals surface area contributed by atoms with Crippen LogP contribution in [0, 0.1) is 0 Å². The number of aromatic nitrogens is 1. The molecule has 13 heavy (non-hydrogen) atoms. The highest BCUT2D eigenvalue weighted by Gasteiger charge is 2.07.